The molecule has 0 aliphatic rings. The zero-order valence-corrected chi connectivity index (χ0v) is 10.3. The Labute approximate surface area is 101 Å². The molecular weight excluding hydrogens is 312 g/mol. The molecule has 0 aliphatic heterocycles. The van der Waals surface area contributed by atoms with Crippen LogP contribution in [0.25, 0.3) is 0 Å². The number of thioether (sulfide) groups is 1. The van der Waals surface area contributed by atoms with Crippen molar-refractivity contribution >= 4 is 33.5 Å². The van der Waals surface area contributed by atoms with Crippen LogP contribution in [0.5, 0.6) is 0 Å². The fourth-order valence-electron chi connectivity index (χ4n) is 1.04. The fraction of sp³-hybridized carbons (Fsp3) is 0.222. The molecule has 0 aliphatic carbocycles. The molecule has 0 spiro atoms. The predicted octanol–water partition coefficient (Wildman–Crippen LogP) is 4.06. The van der Waals surface area contributed by atoms with Crippen LogP contribution >= 0.6 is 27.7 Å². The van der Waals surface area contributed by atoms with Gasteiger partial charge in [-0.2, -0.15) is 13.2 Å². The van der Waals surface area contributed by atoms with E-state index in [9.17, 15) is 22.4 Å². The Morgan fingerprint density at radius 2 is 1.94 bits per heavy atom. The second-order valence-corrected chi connectivity index (χ2v) is 4.47. The molecule has 0 atom stereocenters. The highest BCUT2D eigenvalue weighted by Gasteiger charge is 2.42. The number of benzene rings is 1. The van der Waals surface area contributed by atoms with Gasteiger partial charge in [0, 0.05) is 9.37 Å². The SMILES string of the molecule is CSc1ccc(Br)c(C(=O)C(F)(F)F)c1F. The standard InChI is InChI=1S/C9H5BrF4OS/c1-16-5-3-2-4(10)6(7(5)11)8(15)9(12,13)14/h2-3H,1H3. The van der Waals surface area contributed by atoms with Gasteiger partial charge in [0.05, 0.1) is 5.56 Å². The van der Waals surface area contributed by atoms with Gasteiger partial charge in [-0.05, 0) is 34.3 Å². The average Bonchev–Trinajstić information content (AvgIpc) is 2.16. The smallest absolute Gasteiger partial charge is 0.284 e. The summed E-state index contributed by atoms with van der Waals surface area (Å²) in [4.78, 5) is 11.0. The molecule has 88 valence electrons. The lowest BCUT2D eigenvalue weighted by atomic mass is 10.1. The average molecular weight is 317 g/mol. The molecule has 1 aromatic carbocycles. The maximum atomic E-state index is 13.5. The van der Waals surface area contributed by atoms with Crippen LogP contribution in [-0.4, -0.2) is 18.2 Å². The van der Waals surface area contributed by atoms with Gasteiger partial charge in [0.25, 0.3) is 5.78 Å². The first kappa shape index (κ1) is 13.5. The van der Waals surface area contributed by atoms with Gasteiger partial charge in [-0.25, -0.2) is 4.39 Å². The molecule has 0 saturated carbocycles. The van der Waals surface area contributed by atoms with Crippen LogP contribution in [0.3, 0.4) is 0 Å². The molecule has 0 bridgehead atoms. The Bertz CT molecular complexity index is 430. The quantitative estimate of drug-likeness (QED) is 0.465. The Morgan fingerprint density at radius 1 is 1.38 bits per heavy atom. The van der Waals surface area contributed by atoms with Gasteiger partial charge in [-0.1, -0.05) is 0 Å². The Kier molecular flexibility index (Phi) is 4.01. The van der Waals surface area contributed by atoms with E-state index < -0.39 is 23.3 Å². The molecule has 0 aromatic heterocycles. The third kappa shape index (κ3) is 2.57. The number of ketones is 1. The zero-order chi connectivity index (χ0) is 12.5. The van der Waals surface area contributed by atoms with Crippen LogP contribution in [0.15, 0.2) is 21.5 Å². The first-order chi connectivity index (χ1) is 7.29. The Balaban J connectivity index is 3.38. The molecular formula is C9H5BrF4OS. The van der Waals surface area contributed by atoms with Gasteiger partial charge in [0.15, 0.2) is 0 Å². The number of carbonyl (C=O) groups is 1. The molecule has 1 aromatic rings. The third-order valence-electron chi connectivity index (χ3n) is 1.76. The van der Waals surface area contributed by atoms with E-state index >= 15 is 0 Å². The number of rotatable bonds is 2. The summed E-state index contributed by atoms with van der Waals surface area (Å²) in [6, 6.07) is 2.52. The summed E-state index contributed by atoms with van der Waals surface area (Å²) in [7, 11) is 0. The van der Waals surface area contributed by atoms with Gasteiger partial charge in [0.1, 0.15) is 5.82 Å². The van der Waals surface area contributed by atoms with Crippen LogP contribution in [-0.2, 0) is 0 Å². The van der Waals surface area contributed by atoms with Gasteiger partial charge in [-0.3, -0.25) is 4.79 Å². The highest BCUT2D eigenvalue weighted by atomic mass is 79.9. The second kappa shape index (κ2) is 4.75. The Hall–Kier alpha value is -0.560. The number of alkyl halides is 3. The lowest BCUT2D eigenvalue weighted by molar-refractivity contribution is -0.0888. The first-order valence-electron chi connectivity index (χ1n) is 3.92. The first-order valence-corrected chi connectivity index (χ1v) is 5.94. The minimum absolute atomic E-state index is 0.00389. The normalized spacial score (nSPS) is 11.6. The summed E-state index contributed by atoms with van der Waals surface area (Å²) in [5.41, 5.74) is -0.973. The number of hydrogen-bond donors (Lipinski definition) is 0. The van der Waals surface area contributed by atoms with Crippen molar-refractivity contribution in [2.75, 3.05) is 6.26 Å². The molecule has 7 heteroatoms. The zero-order valence-electron chi connectivity index (χ0n) is 7.86. The minimum atomic E-state index is -5.08. The number of halogens is 5. The summed E-state index contributed by atoms with van der Waals surface area (Å²) >= 11 is 3.66. The summed E-state index contributed by atoms with van der Waals surface area (Å²) in [6.45, 7) is 0. The van der Waals surface area contributed by atoms with E-state index in [0.717, 1.165) is 11.8 Å². The summed E-state index contributed by atoms with van der Waals surface area (Å²) < 4.78 is 49.9. The van der Waals surface area contributed by atoms with Crippen LogP contribution in [0, 0.1) is 5.82 Å². The van der Waals surface area contributed by atoms with Crippen LogP contribution in [0.4, 0.5) is 17.6 Å². The van der Waals surface area contributed by atoms with Crippen molar-refractivity contribution < 1.29 is 22.4 Å². The van der Waals surface area contributed by atoms with Crippen molar-refractivity contribution in [1.29, 1.82) is 0 Å². The van der Waals surface area contributed by atoms with Gasteiger partial charge in [0.2, 0.25) is 0 Å². The van der Waals surface area contributed by atoms with E-state index in [-0.39, 0.29) is 9.37 Å². The maximum absolute atomic E-state index is 13.5. The van der Waals surface area contributed by atoms with E-state index in [1.165, 1.54) is 18.4 Å². The third-order valence-corrected chi connectivity index (χ3v) is 3.18. The molecule has 0 amide bonds. The van der Waals surface area contributed by atoms with E-state index in [0.29, 0.717) is 0 Å². The fourth-order valence-corrected chi connectivity index (χ4v) is 2.01. The van der Waals surface area contributed by atoms with Crippen LogP contribution in [0.2, 0.25) is 0 Å². The van der Waals surface area contributed by atoms with Crippen LogP contribution in [0.1, 0.15) is 10.4 Å². The molecule has 0 N–H and O–H groups in total. The van der Waals surface area contributed by atoms with Crippen LogP contribution < -0.4 is 0 Å². The molecule has 0 heterocycles. The van der Waals surface area contributed by atoms with Crippen molar-refractivity contribution in [3.05, 3.63) is 28.0 Å². The van der Waals surface area contributed by atoms with Crippen molar-refractivity contribution in [3.63, 3.8) is 0 Å². The highest BCUT2D eigenvalue weighted by Crippen LogP contribution is 2.32. The van der Waals surface area contributed by atoms with Crippen molar-refractivity contribution in [3.8, 4) is 0 Å². The monoisotopic (exact) mass is 316 g/mol. The molecule has 16 heavy (non-hydrogen) atoms. The van der Waals surface area contributed by atoms with E-state index in [1.54, 1.807) is 0 Å². The Morgan fingerprint density at radius 3 is 2.38 bits per heavy atom. The van der Waals surface area contributed by atoms with Gasteiger partial charge >= 0.3 is 6.18 Å². The van der Waals surface area contributed by atoms with E-state index in [2.05, 4.69) is 15.9 Å². The highest BCUT2D eigenvalue weighted by molar-refractivity contribution is 9.10. The molecule has 0 fully saturated rings. The topological polar surface area (TPSA) is 17.1 Å². The molecule has 0 saturated heterocycles. The summed E-state index contributed by atoms with van der Waals surface area (Å²) in [5.74, 6) is -3.34. The molecule has 1 rings (SSSR count). The summed E-state index contributed by atoms with van der Waals surface area (Å²) in [6.07, 6.45) is -3.57. The number of hydrogen-bond acceptors (Lipinski definition) is 2. The number of carbonyl (C=O) groups excluding carboxylic acids is 1. The molecule has 1 nitrogen and oxygen atoms in total. The minimum Gasteiger partial charge on any atom is -0.284 e. The summed E-state index contributed by atoms with van der Waals surface area (Å²) in [5, 5.41) is 0. The lowest BCUT2D eigenvalue weighted by Gasteiger charge is -2.10. The van der Waals surface area contributed by atoms with E-state index in [1.807, 2.05) is 0 Å². The van der Waals surface area contributed by atoms with E-state index in [4.69, 9.17) is 0 Å². The molecule has 0 radical (unpaired) electrons. The van der Waals surface area contributed by atoms with Crippen molar-refractivity contribution in [2.45, 2.75) is 11.1 Å². The lowest BCUT2D eigenvalue weighted by Crippen LogP contribution is -2.24. The number of Topliss-reactive ketones (excluding diaryl/α,β-unsaturated/α-hetero) is 1. The maximum Gasteiger partial charge on any atom is 0.455 e. The predicted molar refractivity (Wildman–Crippen MR) is 56.3 cm³/mol. The van der Waals surface area contributed by atoms with Crippen molar-refractivity contribution in [2.24, 2.45) is 0 Å². The van der Waals surface area contributed by atoms with Crippen molar-refractivity contribution in [1.82, 2.24) is 0 Å². The molecule has 0 unspecified atom stereocenters. The van der Waals surface area contributed by atoms with Gasteiger partial charge in [-0.15, -0.1) is 11.8 Å². The second-order valence-electron chi connectivity index (χ2n) is 2.77. The van der Waals surface area contributed by atoms with Gasteiger partial charge < -0.3 is 0 Å². The largest absolute Gasteiger partial charge is 0.455 e.